The van der Waals surface area contributed by atoms with Gasteiger partial charge < -0.3 is 5.73 Å². The number of likely N-dealkylation sites (tertiary alicyclic amines) is 1. The summed E-state index contributed by atoms with van der Waals surface area (Å²) >= 11 is 0. The molecule has 0 aromatic carbocycles. The van der Waals surface area contributed by atoms with Crippen molar-refractivity contribution in [2.75, 3.05) is 13.1 Å². The Balaban J connectivity index is 2.30. The van der Waals surface area contributed by atoms with Gasteiger partial charge in [0.15, 0.2) is 0 Å². The molecule has 12 heavy (non-hydrogen) atoms. The van der Waals surface area contributed by atoms with Crippen LogP contribution in [-0.2, 0) is 9.59 Å². The smallest absolute Gasteiger partial charge is 0.229 e. The Labute approximate surface area is 71.7 Å². The number of hydrogen-bond acceptors (Lipinski definition) is 3. The predicted octanol–water partition coefficient (Wildman–Crippen LogP) is -0.126. The van der Waals surface area contributed by atoms with E-state index >= 15 is 0 Å². The van der Waals surface area contributed by atoms with Crippen LogP contribution in [0.2, 0.25) is 0 Å². The summed E-state index contributed by atoms with van der Waals surface area (Å²) in [6.07, 6.45) is 2.48. The number of nitrogens with zero attached hydrogens (tertiary/aromatic N) is 1. The second-order valence-corrected chi connectivity index (χ2v) is 2.93. The van der Waals surface area contributed by atoms with E-state index in [2.05, 4.69) is 0 Å². The topological polar surface area (TPSA) is 63.4 Å². The third-order valence-electron chi connectivity index (χ3n) is 1.99. The number of imide groups is 1. The first-order valence-electron chi connectivity index (χ1n) is 4.29. The van der Waals surface area contributed by atoms with Gasteiger partial charge in [-0.15, -0.1) is 0 Å². The molecule has 0 aromatic heterocycles. The molecule has 2 N–H and O–H groups in total. The van der Waals surface area contributed by atoms with Crippen LogP contribution < -0.4 is 5.73 Å². The van der Waals surface area contributed by atoms with E-state index < -0.39 is 0 Å². The highest BCUT2D eigenvalue weighted by Crippen LogP contribution is 2.11. The van der Waals surface area contributed by atoms with Crippen molar-refractivity contribution >= 4 is 11.8 Å². The second-order valence-electron chi connectivity index (χ2n) is 2.93. The highest BCUT2D eigenvalue weighted by atomic mass is 16.2. The van der Waals surface area contributed by atoms with Crippen molar-refractivity contribution in [2.45, 2.75) is 25.7 Å². The fourth-order valence-electron chi connectivity index (χ4n) is 1.29. The van der Waals surface area contributed by atoms with Gasteiger partial charge in [0.05, 0.1) is 0 Å². The van der Waals surface area contributed by atoms with E-state index in [1.807, 2.05) is 0 Å². The standard InChI is InChI=1S/C8H14N2O2/c9-5-1-2-6-10-7(11)3-4-8(10)12/h1-6,9H2. The highest BCUT2D eigenvalue weighted by Gasteiger charge is 2.27. The van der Waals surface area contributed by atoms with E-state index in [9.17, 15) is 9.59 Å². The fraction of sp³-hybridized carbons (Fsp3) is 0.750. The van der Waals surface area contributed by atoms with Crippen molar-refractivity contribution in [1.29, 1.82) is 0 Å². The lowest BCUT2D eigenvalue weighted by Crippen LogP contribution is -2.30. The summed E-state index contributed by atoms with van der Waals surface area (Å²) in [5, 5.41) is 0. The van der Waals surface area contributed by atoms with Gasteiger partial charge in [0.25, 0.3) is 0 Å². The molecular weight excluding hydrogens is 156 g/mol. The normalized spacial score (nSPS) is 17.6. The Kier molecular flexibility index (Phi) is 3.22. The molecule has 0 saturated carbocycles. The fourth-order valence-corrected chi connectivity index (χ4v) is 1.29. The quantitative estimate of drug-likeness (QED) is 0.472. The zero-order chi connectivity index (χ0) is 8.97. The highest BCUT2D eigenvalue weighted by molar-refractivity contribution is 6.01. The molecule has 1 heterocycles. The largest absolute Gasteiger partial charge is 0.330 e. The summed E-state index contributed by atoms with van der Waals surface area (Å²) < 4.78 is 0. The third-order valence-corrected chi connectivity index (χ3v) is 1.99. The SMILES string of the molecule is NCCCCN1C(=O)CCC1=O. The molecule has 0 atom stereocenters. The van der Waals surface area contributed by atoms with Gasteiger partial charge in [-0.2, -0.15) is 0 Å². The van der Waals surface area contributed by atoms with E-state index in [4.69, 9.17) is 5.73 Å². The zero-order valence-corrected chi connectivity index (χ0v) is 7.08. The molecule has 4 heteroatoms. The molecule has 0 unspecified atom stereocenters. The number of amides is 2. The summed E-state index contributed by atoms with van der Waals surface area (Å²) in [7, 11) is 0. The lowest BCUT2D eigenvalue weighted by atomic mass is 10.3. The Morgan fingerprint density at radius 1 is 1.17 bits per heavy atom. The van der Waals surface area contributed by atoms with Crippen molar-refractivity contribution in [3.05, 3.63) is 0 Å². The molecule has 1 fully saturated rings. The molecule has 68 valence electrons. The molecule has 4 nitrogen and oxygen atoms in total. The molecule has 2 amide bonds. The van der Waals surface area contributed by atoms with Crippen LogP contribution in [0.4, 0.5) is 0 Å². The van der Waals surface area contributed by atoms with Crippen LogP contribution in [0.5, 0.6) is 0 Å². The minimum Gasteiger partial charge on any atom is -0.330 e. The van der Waals surface area contributed by atoms with E-state index in [1.165, 1.54) is 4.90 Å². The maximum Gasteiger partial charge on any atom is 0.229 e. The van der Waals surface area contributed by atoms with Gasteiger partial charge in [-0.1, -0.05) is 0 Å². The molecule has 1 saturated heterocycles. The number of unbranched alkanes of at least 4 members (excludes halogenated alkanes) is 1. The predicted molar refractivity (Wildman–Crippen MR) is 44.2 cm³/mol. The van der Waals surface area contributed by atoms with E-state index in [0.29, 0.717) is 25.9 Å². The summed E-state index contributed by atoms with van der Waals surface area (Å²) in [5.74, 6) is -0.0611. The van der Waals surface area contributed by atoms with Crippen molar-refractivity contribution in [3.63, 3.8) is 0 Å². The minimum atomic E-state index is -0.0305. The van der Waals surface area contributed by atoms with Crippen molar-refractivity contribution < 1.29 is 9.59 Å². The first kappa shape index (κ1) is 9.19. The van der Waals surface area contributed by atoms with Crippen molar-refractivity contribution in [3.8, 4) is 0 Å². The lowest BCUT2D eigenvalue weighted by Gasteiger charge is -2.12. The van der Waals surface area contributed by atoms with Gasteiger partial charge in [0, 0.05) is 19.4 Å². The van der Waals surface area contributed by atoms with E-state index in [0.717, 1.165) is 12.8 Å². The van der Waals surface area contributed by atoms with Crippen LogP contribution in [-0.4, -0.2) is 29.8 Å². The monoisotopic (exact) mass is 170 g/mol. The summed E-state index contributed by atoms with van der Waals surface area (Å²) in [4.78, 5) is 23.4. The van der Waals surface area contributed by atoms with Gasteiger partial charge in [0.2, 0.25) is 11.8 Å². The molecule has 0 spiro atoms. The van der Waals surface area contributed by atoms with E-state index in [-0.39, 0.29) is 11.8 Å². The maximum absolute atomic E-state index is 11.1. The van der Waals surface area contributed by atoms with Crippen LogP contribution in [0.25, 0.3) is 0 Å². The van der Waals surface area contributed by atoms with Gasteiger partial charge >= 0.3 is 0 Å². The number of carbonyl (C=O) groups excluding carboxylic acids is 2. The number of hydrogen-bond donors (Lipinski definition) is 1. The molecule has 0 aliphatic carbocycles. The average Bonchev–Trinajstić information content (AvgIpc) is 2.35. The van der Waals surface area contributed by atoms with Gasteiger partial charge in [-0.3, -0.25) is 14.5 Å². The number of rotatable bonds is 4. The molecule has 0 radical (unpaired) electrons. The van der Waals surface area contributed by atoms with Crippen LogP contribution in [0, 0.1) is 0 Å². The molecule has 0 aromatic rings. The Bertz CT molecular complexity index is 175. The molecule has 0 bridgehead atoms. The number of carbonyl (C=O) groups is 2. The zero-order valence-electron chi connectivity index (χ0n) is 7.08. The van der Waals surface area contributed by atoms with Gasteiger partial charge in [-0.25, -0.2) is 0 Å². The molecule has 1 aliphatic heterocycles. The third kappa shape index (κ3) is 2.04. The minimum absolute atomic E-state index is 0.0305. The van der Waals surface area contributed by atoms with Gasteiger partial charge in [-0.05, 0) is 19.4 Å². The molecule has 1 aliphatic rings. The number of nitrogens with two attached hydrogens (primary N) is 1. The maximum atomic E-state index is 11.1. The van der Waals surface area contributed by atoms with Crippen LogP contribution in [0.15, 0.2) is 0 Å². The Morgan fingerprint density at radius 2 is 1.75 bits per heavy atom. The van der Waals surface area contributed by atoms with Crippen LogP contribution in [0.1, 0.15) is 25.7 Å². The first-order valence-corrected chi connectivity index (χ1v) is 4.29. The Hall–Kier alpha value is -0.900. The lowest BCUT2D eigenvalue weighted by molar-refractivity contribution is -0.138. The average molecular weight is 170 g/mol. The molecule has 1 rings (SSSR count). The summed E-state index contributed by atoms with van der Waals surface area (Å²) in [6.45, 7) is 1.17. The second kappa shape index (κ2) is 4.21. The molecular formula is C8H14N2O2. The van der Waals surface area contributed by atoms with Crippen molar-refractivity contribution in [1.82, 2.24) is 4.90 Å². The van der Waals surface area contributed by atoms with E-state index in [1.54, 1.807) is 0 Å². The summed E-state index contributed by atoms with van der Waals surface area (Å²) in [6, 6.07) is 0. The van der Waals surface area contributed by atoms with Gasteiger partial charge in [0.1, 0.15) is 0 Å². The van der Waals surface area contributed by atoms with Crippen molar-refractivity contribution in [2.24, 2.45) is 5.73 Å². The van der Waals surface area contributed by atoms with Crippen LogP contribution in [0.3, 0.4) is 0 Å². The Morgan fingerprint density at radius 3 is 2.25 bits per heavy atom. The van der Waals surface area contributed by atoms with Crippen LogP contribution >= 0.6 is 0 Å². The summed E-state index contributed by atoms with van der Waals surface area (Å²) in [5.41, 5.74) is 5.29. The first-order chi connectivity index (χ1) is 5.75.